The van der Waals surface area contributed by atoms with Gasteiger partial charge in [-0.15, -0.1) is 0 Å². The van der Waals surface area contributed by atoms with Crippen LogP contribution in [-0.4, -0.2) is 5.71 Å². The molecule has 0 saturated heterocycles. The van der Waals surface area contributed by atoms with Crippen LogP contribution >= 0.6 is 0 Å². The van der Waals surface area contributed by atoms with Crippen molar-refractivity contribution in [1.82, 2.24) is 0 Å². The maximum Gasteiger partial charge on any atom is 0.136 e. The van der Waals surface area contributed by atoms with Crippen LogP contribution in [0.25, 0.3) is 82.1 Å². The number of nitrogens with zero attached hydrogens (tertiary/aromatic N) is 1. The smallest absolute Gasteiger partial charge is 0.136 e. The molecule has 0 spiro atoms. The summed E-state index contributed by atoms with van der Waals surface area (Å²) in [7, 11) is 0. The molecule has 0 saturated carbocycles. The molecule has 11 rings (SSSR count). The minimum atomic E-state index is -0.0774. The molecule has 1 aromatic heterocycles. The monoisotopic (exact) mass is 771 g/mol. The van der Waals surface area contributed by atoms with Crippen molar-refractivity contribution < 1.29 is 4.42 Å². The molecule has 0 bridgehead atoms. The van der Waals surface area contributed by atoms with Gasteiger partial charge in [0.15, 0.2) is 0 Å². The summed E-state index contributed by atoms with van der Waals surface area (Å²) >= 11 is 0. The van der Waals surface area contributed by atoms with Crippen LogP contribution in [0.5, 0.6) is 0 Å². The number of hydrogen-bond donors (Lipinski definition) is 0. The topological polar surface area (TPSA) is 25.5 Å². The highest BCUT2D eigenvalue weighted by molar-refractivity contribution is 6.19. The highest BCUT2D eigenvalue weighted by Crippen LogP contribution is 2.46. The van der Waals surface area contributed by atoms with Crippen molar-refractivity contribution in [3.63, 3.8) is 0 Å². The van der Waals surface area contributed by atoms with E-state index >= 15 is 0 Å². The van der Waals surface area contributed by atoms with E-state index in [1.54, 1.807) is 0 Å². The molecule has 1 aliphatic rings. The summed E-state index contributed by atoms with van der Waals surface area (Å²) in [4.78, 5) is 5.95. The first kappa shape index (κ1) is 36.1. The molecule has 2 heterocycles. The van der Waals surface area contributed by atoms with E-state index in [9.17, 15) is 0 Å². The molecule has 0 aliphatic carbocycles. The zero-order valence-electron chi connectivity index (χ0n) is 34.0. The minimum absolute atomic E-state index is 0.0774. The van der Waals surface area contributed by atoms with Gasteiger partial charge in [0, 0.05) is 28.0 Å². The molecular weight excluding hydrogens is 727 g/mol. The van der Waals surface area contributed by atoms with E-state index in [1.807, 2.05) is 0 Å². The van der Waals surface area contributed by atoms with Crippen LogP contribution in [0.4, 0.5) is 0 Å². The fourth-order valence-corrected chi connectivity index (χ4v) is 10.1. The molecule has 2 unspecified atom stereocenters. The molecule has 0 radical (unpaired) electrons. The lowest BCUT2D eigenvalue weighted by atomic mass is 9.77. The van der Waals surface area contributed by atoms with E-state index in [-0.39, 0.29) is 12.0 Å². The molecule has 1 aliphatic heterocycles. The van der Waals surface area contributed by atoms with Crippen molar-refractivity contribution in [2.24, 2.45) is 10.9 Å². The van der Waals surface area contributed by atoms with E-state index in [0.29, 0.717) is 0 Å². The second-order valence-electron chi connectivity index (χ2n) is 16.5. The molecule has 0 amide bonds. The lowest BCUT2D eigenvalue weighted by Gasteiger charge is -2.32. The van der Waals surface area contributed by atoms with Crippen molar-refractivity contribution in [2.45, 2.75) is 39.2 Å². The molecular formula is C58H45NO. The second kappa shape index (κ2) is 15.0. The van der Waals surface area contributed by atoms with Crippen LogP contribution in [0.15, 0.2) is 203 Å². The largest absolute Gasteiger partial charge is 0.456 e. The van der Waals surface area contributed by atoms with Gasteiger partial charge in [-0.25, -0.2) is 0 Å². The Kier molecular flexibility index (Phi) is 9.00. The van der Waals surface area contributed by atoms with Gasteiger partial charge in [-0.1, -0.05) is 164 Å². The lowest BCUT2D eigenvalue weighted by molar-refractivity contribution is 0.517. The maximum atomic E-state index is 6.50. The summed E-state index contributed by atoms with van der Waals surface area (Å²) < 4.78 is 6.50. The Morgan fingerprint density at radius 2 is 1.20 bits per heavy atom. The first-order valence-corrected chi connectivity index (χ1v) is 21.4. The molecule has 2 nitrogen and oxygen atoms in total. The number of aliphatic imine (C=N–C) groups is 1. The van der Waals surface area contributed by atoms with Crippen LogP contribution in [0.1, 0.15) is 55.8 Å². The maximum absolute atomic E-state index is 6.50. The molecule has 2 atom stereocenters. The highest BCUT2D eigenvalue weighted by Gasteiger charge is 2.31. The van der Waals surface area contributed by atoms with Crippen molar-refractivity contribution in [3.8, 4) is 22.3 Å². The van der Waals surface area contributed by atoms with Crippen LogP contribution < -0.4 is 0 Å². The van der Waals surface area contributed by atoms with Crippen LogP contribution in [0.2, 0.25) is 0 Å². The third-order valence-corrected chi connectivity index (χ3v) is 13.0. The van der Waals surface area contributed by atoms with Gasteiger partial charge in [-0.2, -0.15) is 0 Å². The molecule has 0 N–H and O–H groups in total. The summed E-state index contributed by atoms with van der Waals surface area (Å²) in [5, 5.41) is 9.89. The van der Waals surface area contributed by atoms with Crippen LogP contribution in [0.3, 0.4) is 0 Å². The van der Waals surface area contributed by atoms with Gasteiger partial charge >= 0.3 is 0 Å². The number of benzene rings is 9. The predicted molar refractivity (Wildman–Crippen MR) is 255 cm³/mol. The van der Waals surface area contributed by atoms with E-state index < -0.39 is 0 Å². The molecule has 0 fully saturated rings. The quantitative estimate of drug-likeness (QED) is 0.155. The second-order valence-corrected chi connectivity index (χ2v) is 16.5. The van der Waals surface area contributed by atoms with Gasteiger partial charge in [0.05, 0.1) is 6.04 Å². The van der Waals surface area contributed by atoms with E-state index in [4.69, 9.17) is 9.41 Å². The van der Waals surface area contributed by atoms with E-state index in [2.05, 4.69) is 202 Å². The molecule has 10 aromatic rings. The first-order valence-electron chi connectivity index (χ1n) is 21.4. The van der Waals surface area contributed by atoms with Crippen molar-refractivity contribution >= 4 is 65.5 Å². The van der Waals surface area contributed by atoms with Crippen LogP contribution in [-0.2, 0) is 0 Å². The normalized spacial score (nSPS) is 18.2. The summed E-state index contributed by atoms with van der Waals surface area (Å²) in [5.74, 6) is 0.155. The van der Waals surface area contributed by atoms with Gasteiger partial charge in [-0.05, 0) is 134 Å². The standard InChI is InChI=1S/C58H45NO/c1-3-46-56(44-21-13-20-42(34-44)48-25-14-26-55-57(48)52-35-41(30-32-54(52)60-55)38-15-5-4-6-16-38)37(2)27-31-53(59-58(46)45-29-28-39-17-7-8-18-40(39)33-45)51-36-43-19-9-10-22-47(43)49-23-11-12-24-50(49)51/h4-26,28-30,32-36,46,58H,3,27,31H2,1-2H3/b56-37+,59-53+. The van der Waals surface area contributed by atoms with Crippen molar-refractivity contribution in [3.05, 3.63) is 210 Å². The van der Waals surface area contributed by atoms with Crippen molar-refractivity contribution in [1.29, 1.82) is 0 Å². The van der Waals surface area contributed by atoms with Gasteiger partial charge < -0.3 is 4.42 Å². The van der Waals surface area contributed by atoms with E-state index in [0.717, 1.165) is 41.2 Å². The Morgan fingerprint density at radius 1 is 0.483 bits per heavy atom. The Labute approximate surface area is 351 Å². The number of hydrogen-bond acceptors (Lipinski definition) is 2. The van der Waals surface area contributed by atoms with Gasteiger partial charge in [0.25, 0.3) is 0 Å². The zero-order chi connectivity index (χ0) is 40.2. The first-order chi connectivity index (χ1) is 29.6. The Balaban J connectivity index is 1.07. The Bertz CT molecular complexity index is 3330. The average Bonchev–Trinajstić information content (AvgIpc) is 3.69. The van der Waals surface area contributed by atoms with E-state index in [1.165, 1.54) is 88.1 Å². The third kappa shape index (κ3) is 6.23. The van der Waals surface area contributed by atoms with Gasteiger partial charge in [-0.3, -0.25) is 4.99 Å². The summed E-state index contributed by atoms with van der Waals surface area (Å²) in [6.45, 7) is 4.72. The number of allylic oxidation sites excluding steroid dienone is 1. The van der Waals surface area contributed by atoms with Gasteiger partial charge in [0.2, 0.25) is 0 Å². The Morgan fingerprint density at radius 3 is 2.05 bits per heavy atom. The SMILES string of the molecule is CCC1/C(c2cccc(-c3cccc4oc5ccc(-c6ccccc6)cc5c34)c2)=C(\C)CC/C(c2cc3ccccc3c3ccccc23)=N\C1c1ccc2ccccc2c1. The fraction of sp³-hybridized carbons (Fsp3) is 0.121. The zero-order valence-corrected chi connectivity index (χ0v) is 34.0. The third-order valence-electron chi connectivity index (χ3n) is 13.0. The van der Waals surface area contributed by atoms with Crippen LogP contribution in [0, 0.1) is 5.92 Å². The molecule has 2 heteroatoms. The number of furan rings is 1. The highest BCUT2D eigenvalue weighted by atomic mass is 16.3. The lowest BCUT2D eigenvalue weighted by Crippen LogP contribution is -2.19. The summed E-state index contributed by atoms with van der Waals surface area (Å²) in [5.41, 5.74) is 14.4. The van der Waals surface area contributed by atoms with Gasteiger partial charge in [0.1, 0.15) is 11.2 Å². The minimum Gasteiger partial charge on any atom is -0.456 e. The predicted octanol–water partition coefficient (Wildman–Crippen LogP) is 16.2. The summed E-state index contributed by atoms with van der Waals surface area (Å²) in [6.07, 6.45) is 2.75. The molecule has 288 valence electrons. The fourth-order valence-electron chi connectivity index (χ4n) is 10.1. The van der Waals surface area contributed by atoms with Crippen molar-refractivity contribution in [2.75, 3.05) is 0 Å². The Hall–Kier alpha value is -7.03. The molecule has 60 heavy (non-hydrogen) atoms. The summed E-state index contributed by atoms with van der Waals surface area (Å²) in [6, 6.07) is 68.6. The number of fused-ring (bicyclic) bond motifs is 7. The molecule has 9 aromatic carbocycles. The average molecular weight is 772 g/mol. The number of rotatable bonds is 6.